The Hall–Kier alpha value is -2.52. The van der Waals surface area contributed by atoms with Gasteiger partial charge < -0.3 is 9.05 Å². The average molecular weight is 405 g/mol. The third-order valence-corrected chi connectivity index (χ3v) is 6.89. The maximum Gasteiger partial charge on any atom is 0.379 e. The summed E-state index contributed by atoms with van der Waals surface area (Å²) >= 11 is 0. The average Bonchev–Trinajstić information content (AvgIpc) is 2.73. The number of nitrogens with zero attached hydrogens (tertiary/aromatic N) is 1. The summed E-state index contributed by atoms with van der Waals surface area (Å²) in [6, 6.07) is 22.5. The highest BCUT2D eigenvalue weighted by molar-refractivity contribution is 7.61. The zero-order chi connectivity index (χ0) is 20.4. The molecule has 4 aromatic rings. The van der Waals surface area contributed by atoms with Crippen LogP contribution in [-0.2, 0) is 13.6 Å². The minimum Gasteiger partial charge on any atom is -0.304 e. The first-order valence-electron chi connectivity index (χ1n) is 9.85. The second-order valence-corrected chi connectivity index (χ2v) is 8.88. The van der Waals surface area contributed by atoms with Gasteiger partial charge in [0.2, 0.25) is 0 Å². The van der Waals surface area contributed by atoms with Gasteiger partial charge in [0.1, 0.15) is 0 Å². The van der Waals surface area contributed by atoms with Crippen LogP contribution in [0.25, 0.3) is 32.8 Å². The van der Waals surface area contributed by atoms with Crippen molar-refractivity contribution in [1.29, 1.82) is 0 Å². The number of hydrogen-bond acceptors (Lipinski definition) is 4. The highest BCUT2D eigenvalue weighted by atomic mass is 31.2. The summed E-state index contributed by atoms with van der Waals surface area (Å²) in [7, 11) is -3.46. The van der Waals surface area contributed by atoms with Crippen molar-refractivity contribution >= 4 is 34.7 Å². The molecule has 1 aromatic heterocycles. The van der Waals surface area contributed by atoms with Gasteiger partial charge in [-0.1, -0.05) is 48.5 Å². The Morgan fingerprint density at radius 1 is 0.828 bits per heavy atom. The van der Waals surface area contributed by atoms with Gasteiger partial charge >= 0.3 is 7.60 Å². The van der Waals surface area contributed by atoms with E-state index >= 15 is 0 Å². The van der Waals surface area contributed by atoms with Gasteiger partial charge in [0.15, 0.2) is 5.44 Å². The highest BCUT2D eigenvalue weighted by Gasteiger charge is 2.29. The smallest absolute Gasteiger partial charge is 0.304 e. The van der Waals surface area contributed by atoms with Crippen molar-refractivity contribution in [2.45, 2.75) is 20.8 Å². The van der Waals surface area contributed by atoms with Crippen LogP contribution in [0.5, 0.6) is 0 Å². The van der Waals surface area contributed by atoms with E-state index in [0.717, 1.165) is 33.0 Å². The van der Waals surface area contributed by atoms with E-state index in [9.17, 15) is 4.57 Å². The molecule has 0 radical (unpaired) electrons. The molecule has 0 aliphatic carbocycles. The first-order valence-corrected chi connectivity index (χ1v) is 11.4. The van der Waals surface area contributed by atoms with Crippen molar-refractivity contribution in [1.82, 2.24) is 4.98 Å². The van der Waals surface area contributed by atoms with Gasteiger partial charge in [0, 0.05) is 10.9 Å². The third kappa shape index (κ3) is 3.72. The van der Waals surface area contributed by atoms with E-state index in [0.29, 0.717) is 18.6 Å². The molecule has 29 heavy (non-hydrogen) atoms. The van der Waals surface area contributed by atoms with Crippen LogP contribution in [0.3, 0.4) is 0 Å². The first-order chi connectivity index (χ1) is 14.1. The Morgan fingerprint density at radius 3 is 2.31 bits per heavy atom. The topological polar surface area (TPSA) is 48.4 Å². The van der Waals surface area contributed by atoms with Crippen molar-refractivity contribution in [3.05, 3.63) is 72.3 Å². The molecular formula is C24H24NO3P. The summed E-state index contributed by atoms with van der Waals surface area (Å²) in [5, 5.41) is 3.33. The minimum absolute atomic E-state index is 0.293. The molecule has 0 saturated heterocycles. The van der Waals surface area contributed by atoms with Crippen LogP contribution < -0.4 is 5.44 Å². The highest BCUT2D eigenvalue weighted by Crippen LogP contribution is 2.46. The third-order valence-electron chi connectivity index (χ3n) is 4.88. The molecule has 0 atom stereocenters. The fourth-order valence-corrected chi connectivity index (χ4v) is 5.20. The maximum absolute atomic E-state index is 13.3. The molecule has 0 fully saturated rings. The van der Waals surface area contributed by atoms with Crippen molar-refractivity contribution < 1.29 is 13.6 Å². The molecule has 0 spiro atoms. The van der Waals surface area contributed by atoms with E-state index in [-0.39, 0.29) is 0 Å². The fraction of sp³-hybridized carbons (Fsp3) is 0.208. The number of benzene rings is 3. The van der Waals surface area contributed by atoms with Gasteiger partial charge in [0.25, 0.3) is 0 Å². The molecule has 5 heteroatoms. The quantitative estimate of drug-likeness (QED) is 0.356. The van der Waals surface area contributed by atoms with Crippen LogP contribution in [0.4, 0.5) is 0 Å². The lowest BCUT2D eigenvalue weighted by molar-refractivity contribution is 0.229. The van der Waals surface area contributed by atoms with Gasteiger partial charge in [0.05, 0.1) is 18.7 Å². The zero-order valence-corrected chi connectivity index (χ0v) is 17.8. The van der Waals surface area contributed by atoms with Crippen molar-refractivity contribution in [3.8, 4) is 11.1 Å². The zero-order valence-electron chi connectivity index (χ0n) is 16.9. The Balaban J connectivity index is 2.00. The van der Waals surface area contributed by atoms with Crippen molar-refractivity contribution in [3.63, 3.8) is 0 Å². The van der Waals surface area contributed by atoms with E-state index in [1.54, 1.807) is 19.9 Å². The van der Waals surface area contributed by atoms with Crippen LogP contribution >= 0.6 is 7.60 Å². The molecule has 148 valence electrons. The van der Waals surface area contributed by atoms with Crippen LogP contribution in [-0.4, -0.2) is 18.2 Å². The number of pyridine rings is 1. The molecule has 0 aliphatic rings. The normalized spacial score (nSPS) is 12.0. The lowest BCUT2D eigenvalue weighted by Gasteiger charge is -2.18. The fourth-order valence-electron chi connectivity index (χ4n) is 3.70. The Kier molecular flexibility index (Phi) is 5.51. The second kappa shape index (κ2) is 8.08. The monoisotopic (exact) mass is 405 g/mol. The van der Waals surface area contributed by atoms with Gasteiger partial charge in [-0.3, -0.25) is 4.57 Å². The number of fused-ring (bicyclic) bond motifs is 2. The molecule has 0 saturated carbocycles. The summed E-state index contributed by atoms with van der Waals surface area (Å²) in [5.74, 6) is 0. The molecule has 0 bridgehead atoms. The van der Waals surface area contributed by atoms with E-state index in [1.807, 2.05) is 18.2 Å². The molecule has 4 rings (SSSR count). The summed E-state index contributed by atoms with van der Waals surface area (Å²) < 4.78 is 24.3. The maximum atomic E-state index is 13.3. The standard InChI is InChI=1S/C24H24NO3P/c1-4-27-29(26,28-5-2)23-14-13-19-15-17(3)16-22(24(19)25-23)21-12-8-10-18-9-6-7-11-20(18)21/h6-16H,4-5H2,1-3H3. The van der Waals surface area contributed by atoms with Crippen LogP contribution in [0.1, 0.15) is 19.4 Å². The summed E-state index contributed by atoms with van der Waals surface area (Å²) in [4.78, 5) is 4.80. The van der Waals surface area contributed by atoms with E-state index in [1.165, 1.54) is 5.39 Å². The first kappa shape index (κ1) is 19.8. The molecule has 0 amide bonds. The lowest BCUT2D eigenvalue weighted by atomic mass is 9.95. The van der Waals surface area contributed by atoms with Gasteiger partial charge in [-0.2, -0.15) is 0 Å². The van der Waals surface area contributed by atoms with Gasteiger partial charge in [-0.15, -0.1) is 0 Å². The number of aromatic nitrogens is 1. The summed E-state index contributed by atoms with van der Waals surface area (Å²) in [6.45, 7) is 6.27. The number of aryl methyl sites for hydroxylation is 1. The summed E-state index contributed by atoms with van der Waals surface area (Å²) in [6.07, 6.45) is 0. The van der Waals surface area contributed by atoms with Gasteiger partial charge in [-0.25, -0.2) is 4.98 Å². The van der Waals surface area contributed by atoms with Crippen LogP contribution in [0.15, 0.2) is 66.7 Å². The predicted octanol–water partition coefficient (Wildman–Crippen LogP) is 6.25. The second-order valence-electron chi connectivity index (χ2n) is 6.91. The Bertz CT molecular complexity index is 1220. The molecule has 1 heterocycles. The molecular weight excluding hydrogens is 381 g/mol. The lowest BCUT2D eigenvalue weighted by Crippen LogP contribution is -2.14. The van der Waals surface area contributed by atoms with Gasteiger partial charge in [-0.05, 0) is 60.9 Å². The number of hydrogen-bond donors (Lipinski definition) is 0. The van der Waals surface area contributed by atoms with Crippen LogP contribution in [0, 0.1) is 6.92 Å². The Labute approximate surface area is 171 Å². The van der Waals surface area contributed by atoms with Crippen molar-refractivity contribution in [2.24, 2.45) is 0 Å². The van der Waals surface area contributed by atoms with E-state index in [4.69, 9.17) is 14.0 Å². The molecule has 0 N–H and O–H groups in total. The predicted molar refractivity (Wildman–Crippen MR) is 120 cm³/mol. The van der Waals surface area contributed by atoms with Crippen molar-refractivity contribution in [2.75, 3.05) is 13.2 Å². The minimum atomic E-state index is -3.46. The summed E-state index contributed by atoms with van der Waals surface area (Å²) in [5.41, 5.74) is 4.40. The number of rotatable bonds is 6. The molecule has 4 nitrogen and oxygen atoms in total. The molecule has 3 aromatic carbocycles. The Morgan fingerprint density at radius 2 is 1.55 bits per heavy atom. The largest absolute Gasteiger partial charge is 0.379 e. The van der Waals surface area contributed by atoms with E-state index in [2.05, 4.69) is 49.4 Å². The molecule has 0 aliphatic heterocycles. The van der Waals surface area contributed by atoms with Crippen LogP contribution in [0.2, 0.25) is 0 Å². The van der Waals surface area contributed by atoms with E-state index < -0.39 is 7.60 Å². The SMILES string of the molecule is CCOP(=O)(OCC)c1ccc2cc(C)cc(-c3cccc4ccccc34)c2n1. The molecule has 0 unspecified atom stereocenters.